The van der Waals surface area contributed by atoms with Gasteiger partial charge in [0.2, 0.25) is 9.84 Å². The minimum atomic E-state index is -5.63. The van der Waals surface area contributed by atoms with Gasteiger partial charge in [0, 0.05) is 38.9 Å². The third-order valence-electron chi connectivity index (χ3n) is 6.72. The van der Waals surface area contributed by atoms with Crippen LogP contribution in [0.5, 0.6) is 0 Å². The van der Waals surface area contributed by atoms with Gasteiger partial charge < -0.3 is 9.47 Å². The molecule has 4 heterocycles. The summed E-state index contributed by atoms with van der Waals surface area (Å²) in [4.78, 5) is 23.1. The highest BCUT2D eigenvalue weighted by Crippen LogP contribution is 2.41. The maximum Gasteiger partial charge on any atom is 0.453 e. The van der Waals surface area contributed by atoms with Gasteiger partial charge in [0.15, 0.2) is 11.0 Å². The second kappa shape index (κ2) is 11.7. The van der Waals surface area contributed by atoms with E-state index in [4.69, 9.17) is 14.3 Å². The van der Waals surface area contributed by atoms with E-state index in [9.17, 15) is 35.2 Å². The molecule has 15 heteroatoms. The SMILES string of the molecule is O=C(NOC1CCCCO1)C1(S(=O)(=O)c2ccc(-c3ccc(CCC(F)(F)C(F)(F)F)cn3)s2)CCOCC1. The van der Waals surface area contributed by atoms with Crippen molar-refractivity contribution in [2.75, 3.05) is 19.8 Å². The summed E-state index contributed by atoms with van der Waals surface area (Å²) in [5.41, 5.74) is 2.76. The lowest BCUT2D eigenvalue weighted by atomic mass is 9.98. The van der Waals surface area contributed by atoms with Crippen molar-refractivity contribution in [1.82, 2.24) is 10.5 Å². The molecule has 0 aliphatic carbocycles. The van der Waals surface area contributed by atoms with Gasteiger partial charge in [-0.25, -0.2) is 18.7 Å². The zero-order chi connectivity index (χ0) is 28.3. The summed E-state index contributed by atoms with van der Waals surface area (Å²) in [6, 6.07) is 5.62. The van der Waals surface area contributed by atoms with Gasteiger partial charge in [-0.15, -0.1) is 11.3 Å². The number of ether oxygens (including phenoxy) is 2. The van der Waals surface area contributed by atoms with Crippen molar-refractivity contribution in [3.8, 4) is 10.6 Å². The number of amides is 1. The van der Waals surface area contributed by atoms with E-state index in [-0.39, 0.29) is 35.8 Å². The fourth-order valence-electron chi connectivity index (χ4n) is 4.29. The molecule has 1 atom stereocenters. The second-order valence-electron chi connectivity index (χ2n) is 9.33. The predicted octanol–water partition coefficient (Wildman–Crippen LogP) is 4.84. The lowest BCUT2D eigenvalue weighted by molar-refractivity contribution is -0.284. The van der Waals surface area contributed by atoms with E-state index in [0.29, 0.717) is 23.6 Å². The van der Waals surface area contributed by atoms with E-state index >= 15 is 0 Å². The Morgan fingerprint density at radius 3 is 2.46 bits per heavy atom. The van der Waals surface area contributed by atoms with Crippen LogP contribution in [0.25, 0.3) is 10.6 Å². The number of carbonyl (C=O) groups excluding carboxylic acids is 1. The Morgan fingerprint density at radius 1 is 1.10 bits per heavy atom. The number of thiophene rings is 1. The van der Waals surface area contributed by atoms with Crippen LogP contribution in [0.1, 0.15) is 44.1 Å². The molecule has 4 rings (SSSR count). The molecule has 0 aromatic carbocycles. The van der Waals surface area contributed by atoms with Gasteiger partial charge in [0.1, 0.15) is 4.21 Å². The van der Waals surface area contributed by atoms with Crippen molar-refractivity contribution in [3.63, 3.8) is 0 Å². The van der Waals surface area contributed by atoms with E-state index in [2.05, 4.69) is 10.5 Å². The second-order valence-corrected chi connectivity index (χ2v) is 12.9. The highest BCUT2D eigenvalue weighted by atomic mass is 32.2. The average molecular weight is 599 g/mol. The van der Waals surface area contributed by atoms with Gasteiger partial charge in [-0.2, -0.15) is 22.0 Å². The fraction of sp³-hybridized carbons (Fsp3) is 0.583. The van der Waals surface area contributed by atoms with Crippen molar-refractivity contribution in [1.29, 1.82) is 0 Å². The quantitative estimate of drug-likeness (QED) is 0.326. The van der Waals surface area contributed by atoms with Gasteiger partial charge >= 0.3 is 12.1 Å². The summed E-state index contributed by atoms with van der Waals surface area (Å²) in [5.74, 6) is -5.63. The molecular formula is C24H27F5N2O6S2. The first-order valence-electron chi connectivity index (χ1n) is 12.3. The largest absolute Gasteiger partial charge is 0.453 e. The van der Waals surface area contributed by atoms with Crippen LogP contribution in [0.3, 0.4) is 0 Å². The molecule has 0 bridgehead atoms. The molecule has 0 spiro atoms. The van der Waals surface area contributed by atoms with E-state index in [0.717, 1.165) is 24.2 Å². The number of carbonyl (C=O) groups is 1. The molecule has 0 saturated carbocycles. The van der Waals surface area contributed by atoms with Gasteiger partial charge in [0.05, 0.1) is 10.6 Å². The zero-order valence-electron chi connectivity index (χ0n) is 20.6. The third kappa shape index (κ3) is 6.42. The van der Waals surface area contributed by atoms with Crippen LogP contribution in [0.2, 0.25) is 0 Å². The number of pyridine rings is 1. The average Bonchev–Trinajstić information content (AvgIpc) is 3.42. The summed E-state index contributed by atoms with van der Waals surface area (Å²) in [7, 11) is -4.22. The maximum atomic E-state index is 13.8. The maximum absolute atomic E-state index is 13.8. The Labute approximate surface area is 225 Å². The van der Waals surface area contributed by atoms with Crippen molar-refractivity contribution >= 4 is 27.1 Å². The topological polar surface area (TPSA) is 104 Å². The molecule has 2 aliphatic rings. The van der Waals surface area contributed by atoms with Crippen LogP contribution in [0.15, 0.2) is 34.7 Å². The molecule has 216 valence electrons. The van der Waals surface area contributed by atoms with E-state index < -0.39 is 51.7 Å². The molecule has 2 aromatic rings. The number of hydroxylamine groups is 1. The molecule has 1 amide bonds. The highest BCUT2D eigenvalue weighted by molar-refractivity contribution is 7.95. The van der Waals surface area contributed by atoms with E-state index in [1.165, 1.54) is 30.5 Å². The number of halogens is 5. The summed E-state index contributed by atoms with van der Waals surface area (Å²) < 4.78 is 100. The molecule has 2 saturated heterocycles. The smallest absolute Gasteiger partial charge is 0.381 e. The monoisotopic (exact) mass is 598 g/mol. The van der Waals surface area contributed by atoms with Crippen molar-refractivity contribution < 1.29 is 49.5 Å². The summed E-state index contributed by atoms with van der Waals surface area (Å²) in [6.45, 7) is 0.591. The molecule has 8 nitrogen and oxygen atoms in total. The lowest BCUT2D eigenvalue weighted by Gasteiger charge is -2.35. The van der Waals surface area contributed by atoms with Crippen molar-refractivity contribution in [3.05, 3.63) is 36.0 Å². The molecule has 39 heavy (non-hydrogen) atoms. The fourth-order valence-corrected chi connectivity index (χ4v) is 7.81. The van der Waals surface area contributed by atoms with Crippen LogP contribution in [-0.2, 0) is 35.4 Å². The van der Waals surface area contributed by atoms with Crippen molar-refractivity contribution in [2.45, 2.75) is 72.3 Å². The summed E-state index contributed by atoms with van der Waals surface area (Å²) in [6.07, 6.45) is -4.96. The van der Waals surface area contributed by atoms with Crippen LogP contribution in [0.4, 0.5) is 22.0 Å². The number of nitrogens with one attached hydrogen (secondary N) is 1. The number of hydrogen-bond donors (Lipinski definition) is 1. The van der Waals surface area contributed by atoms with Gasteiger partial charge in [-0.1, -0.05) is 6.07 Å². The first-order chi connectivity index (χ1) is 18.4. The van der Waals surface area contributed by atoms with E-state index in [1.807, 2.05) is 0 Å². The zero-order valence-corrected chi connectivity index (χ0v) is 22.3. The Morgan fingerprint density at radius 2 is 1.85 bits per heavy atom. The number of aryl methyl sites for hydroxylation is 1. The van der Waals surface area contributed by atoms with Crippen LogP contribution in [0, 0.1) is 0 Å². The number of hydrogen-bond acceptors (Lipinski definition) is 8. The lowest BCUT2D eigenvalue weighted by Crippen LogP contribution is -2.56. The number of nitrogens with zero attached hydrogens (tertiary/aromatic N) is 1. The first-order valence-corrected chi connectivity index (χ1v) is 14.6. The first kappa shape index (κ1) is 29.8. The summed E-state index contributed by atoms with van der Waals surface area (Å²) >= 11 is 0.870. The van der Waals surface area contributed by atoms with Gasteiger partial charge in [0.25, 0.3) is 5.91 Å². The van der Waals surface area contributed by atoms with Crippen LogP contribution >= 0.6 is 11.3 Å². The minimum Gasteiger partial charge on any atom is -0.381 e. The molecule has 0 radical (unpaired) electrons. The normalized spacial score (nSPS) is 20.5. The summed E-state index contributed by atoms with van der Waals surface area (Å²) in [5, 5.41) is 0. The Balaban J connectivity index is 1.49. The minimum absolute atomic E-state index is 0.0568. The Hall–Kier alpha value is -2.20. The molecular weight excluding hydrogens is 571 g/mol. The molecule has 1 N–H and O–H groups in total. The third-order valence-corrected chi connectivity index (χ3v) is 10.8. The van der Waals surface area contributed by atoms with Gasteiger partial charge in [-0.3, -0.25) is 9.78 Å². The van der Waals surface area contributed by atoms with Crippen LogP contribution < -0.4 is 5.48 Å². The standard InChI is InChI=1S/C24H27F5N2O6S2/c25-23(26,24(27,28)29)9-8-16-4-5-17(30-15-16)18-6-7-20(38-18)39(33,34)22(10-13-35-14-11-22)21(32)31-37-19-3-1-2-12-36-19/h4-7,15,19H,1-3,8-14H2,(H,31,32). The van der Waals surface area contributed by atoms with Crippen LogP contribution in [-0.4, -0.2) is 62.3 Å². The van der Waals surface area contributed by atoms with Gasteiger partial charge in [-0.05, 0) is 55.9 Å². The molecule has 2 aromatic heterocycles. The Kier molecular flexibility index (Phi) is 8.95. The number of rotatable bonds is 9. The molecule has 2 fully saturated rings. The molecule has 1 unspecified atom stereocenters. The number of alkyl halides is 5. The van der Waals surface area contributed by atoms with Crippen molar-refractivity contribution in [2.24, 2.45) is 0 Å². The number of aromatic nitrogens is 1. The highest BCUT2D eigenvalue weighted by Gasteiger charge is 2.56. The molecule has 2 aliphatic heterocycles. The van der Waals surface area contributed by atoms with E-state index in [1.54, 1.807) is 0 Å². The predicted molar refractivity (Wildman–Crippen MR) is 130 cm³/mol. The number of sulfone groups is 1. The Bertz CT molecular complexity index is 1240.